The average molecular weight is 231 g/mol. The summed E-state index contributed by atoms with van der Waals surface area (Å²) in [5.41, 5.74) is 1.67. The van der Waals surface area contributed by atoms with Crippen LogP contribution in [0.15, 0.2) is 30.3 Å². The molecule has 1 saturated heterocycles. The summed E-state index contributed by atoms with van der Waals surface area (Å²) in [5.74, 6) is 0. The zero-order valence-electron chi connectivity index (χ0n) is 11.0. The Morgan fingerprint density at radius 1 is 1.18 bits per heavy atom. The van der Waals surface area contributed by atoms with Gasteiger partial charge in [-0.15, -0.1) is 0 Å². The van der Waals surface area contributed by atoms with E-state index in [-0.39, 0.29) is 5.54 Å². The van der Waals surface area contributed by atoms with Gasteiger partial charge in [0.15, 0.2) is 0 Å². The highest BCUT2D eigenvalue weighted by Crippen LogP contribution is 2.36. The standard InChI is InChI=1S/C15H23N2/c1-4-17-12-10-15(11-13-17,16(2)3)14-8-6-5-7-9-14/h5-9H,1,4,10-13H2,2-3H3. The predicted octanol–water partition coefficient (Wildman–Crippen LogP) is 2.37. The molecule has 2 nitrogen and oxygen atoms in total. The maximum atomic E-state index is 3.99. The van der Waals surface area contributed by atoms with E-state index in [0.29, 0.717) is 0 Å². The van der Waals surface area contributed by atoms with Crippen molar-refractivity contribution in [3.8, 4) is 0 Å². The third-order valence-corrected chi connectivity index (χ3v) is 4.17. The Balaban J connectivity index is 2.24. The number of rotatable bonds is 3. The van der Waals surface area contributed by atoms with Gasteiger partial charge in [-0.1, -0.05) is 30.3 Å². The first-order valence-electron chi connectivity index (χ1n) is 6.43. The second-order valence-electron chi connectivity index (χ2n) is 5.13. The van der Waals surface area contributed by atoms with Crippen molar-refractivity contribution in [2.75, 3.05) is 33.7 Å². The first-order chi connectivity index (χ1) is 8.19. The average Bonchev–Trinajstić information content (AvgIpc) is 2.39. The van der Waals surface area contributed by atoms with Gasteiger partial charge in [-0.3, -0.25) is 4.90 Å². The maximum absolute atomic E-state index is 3.99. The molecule has 2 heteroatoms. The van der Waals surface area contributed by atoms with Crippen molar-refractivity contribution in [1.29, 1.82) is 0 Å². The van der Waals surface area contributed by atoms with Gasteiger partial charge in [-0.25, -0.2) is 0 Å². The largest absolute Gasteiger partial charge is 0.303 e. The molecular weight excluding hydrogens is 208 g/mol. The minimum absolute atomic E-state index is 0.215. The van der Waals surface area contributed by atoms with Crippen LogP contribution in [-0.4, -0.2) is 43.5 Å². The fourth-order valence-corrected chi connectivity index (χ4v) is 2.89. The zero-order chi connectivity index (χ0) is 12.3. The summed E-state index contributed by atoms with van der Waals surface area (Å²) >= 11 is 0. The summed E-state index contributed by atoms with van der Waals surface area (Å²) in [6, 6.07) is 10.9. The molecule has 0 saturated carbocycles. The lowest BCUT2D eigenvalue weighted by Gasteiger charge is -2.46. The van der Waals surface area contributed by atoms with Gasteiger partial charge in [0, 0.05) is 18.6 Å². The van der Waals surface area contributed by atoms with Crippen LogP contribution in [0.1, 0.15) is 18.4 Å². The van der Waals surface area contributed by atoms with Gasteiger partial charge >= 0.3 is 0 Å². The van der Waals surface area contributed by atoms with E-state index < -0.39 is 0 Å². The zero-order valence-corrected chi connectivity index (χ0v) is 11.0. The summed E-state index contributed by atoms with van der Waals surface area (Å²) in [5, 5.41) is 0. The van der Waals surface area contributed by atoms with Crippen LogP contribution in [-0.2, 0) is 5.54 Å². The number of hydrogen-bond donors (Lipinski definition) is 0. The van der Waals surface area contributed by atoms with E-state index >= 15 is 0 Å². The molecule has 93 valence electrons. The number of nitrogens with zero attached hydrogens (tertiary/aromatic N) is 2. The molecule has 0 amide bonds. The molecule has 1 heterocycles. The van der Waals surface area contributed by atoms with E-state index in [1.807, 2.05) is 0 Å². The fourth-order valence-electron chi connectivity index (χ4n) is 2.89. The summed E-state index contributed by atoms with van der Waals surface area (Å²) in [4.78, 5) is 4.83. The van der Waals surface area contributed by atoms with Gasteiger partial charge in [0.05, 0.1) is 0 Å². The number of benzene rings is 1. The molecule has 1 aromatic rings. The molecule has 0 spiro atoms. The highest BCUT2D eigenvalue weighted by molar-refractivity contribution is 5.25. The molecule has 17 heavy (non-hydrogen) atoms. The predicted molar refractivity (Wildman–Crippen MR) is 72.8 cm³/mol. The maximum Gasteiger partial charge on any atom is 0.0479 e. The molecule has 0 aliphatic carbocycles. The normalized spacial score (nSPS) is 20.7. The smallest absolute Gasteiger partial charge is 0.0479 e. The van der Waals surface area contributed by atoms with Gasteiger partial charge < -0.3 is 4.90 Å². The van der Waals surface area contributed by atoms with Crippen molar-refractivity contribution in [2.45, 2.75) is 18.4 Å². The third-order valence-electron chi connectivity index (χ3n) is 4.17. The van der Waals surface area contributed by atoms with Crippen LogP contribution in [0.2, 0.25) is 0 Å². The quantitative estimate of drug-likeness (QED) is 0.788. The molecule has 1 radical (unpaired) electrons. The van der Waals surface area contributed by atoms with Gasteiger partial charge in [-0.05, 0) is 46.0 Å². The number of likely N-dealkylation sites (tertiary alicyclic amines) is 1. The summed E-state index contributed by atoms with van der Waals surface area (Å²) in [7, 11) is 4.40. The van der Waals surface area contributed by atoms with Crippen LogP contribution in [0.25, 0.3) is 0 Å². The molecular formula is C15H23N2. The highest BCUT2D eigenvalue weighted by atomic mass is 15.2. The topological polar surface area (TPSA) is 6.48 Å². The van der Waals surface area contributed by atoms with E-state index in [1.54, 1.807) is 0 Å². The van der Waals surface area contributed by atoms with E-state index in [4.69, 9.17) is 0 Å². The number of hydrogen-bond acceptors (Lipinski definition) is 2. The third kappa shape index (κ3) is 2.38. The van der Waals surface area contributed by atoms with Crippen LogP contribution < -0.4 is 0 Å². The second-order valence-corrected chi connectivity index (χ2v) is 5.13. The van der Waals surface area contributed by atoms with E-state index in [2.05, 4.69) is 61.2 Å². The Morgan fingerprint density at radius 2 is 1.76 bits per heavy atom. The van der Waals surface area contributed by atoms with Crippen molar-refractivity contribution >= 4 is 0 Å². The Labute approximate surface area is 105 Å². The molecule has 0 unspecified atom stereocenters. The first-order valence-corrected chi connectivity index (χ1v) is 6.43. The van der Waals surface area contributed by atoms with Gasteiger partial charge in [-0.2, -0.15) is 0 Å². The van der Waals surface area contributed by atoms with Crippen LogP contribution in [0.5, 0.6) is 0 Å². The lowest BCUT2D eigenvalue weighted by atomic mass is 9.80. The molecule has 1 fully saturated rings. The molecule has 2 rings (SSSR count). The summed E-state index contributed by atoms with van der Waals surface area (Å²) in [6.45, 7) is 7.21. The van der Waals surface area contributed by atoms with E-state index in [0.717, 1.165) is 19.6 Å². The van der Waals surface area contributed by atoms with E-state index in [9.17, 15) is 0 Å². The SMILES string of the molecule is [CH2]CN1CCC(c2ccccc2)(N(C)C)CC1. The summed E-state index contributed by atoms with van der Waals surface area (Å²) < 4.78 is 0. The minimum atomic E-state index is 0.215. The lowest BCUT2D eigenvalue weighted by molar-refractivity contribution is 0.0584. The van der Waals surface area contributed by atoms with Gasteiger partial charge in [0.25, 0.3) is 0 Å². The lowest BCUT2D eigenvalue weighted by Crippen LogP contribution is -2.50. The Hall–Kier alpha value is -0.860. The molecule has 0 aromatic heterocycles. The van der Waals surface area contributed by atoms with Crippen molar-refractivity contribution in [3.63, 3.8) is 0 Å². The van der Waals surface area contributed by atoms with Crippen molar-refractivity contribution in [2.24, 2.45) is 0 Å². The monoisotopic (exact) mass is 231 g/mol. The Morgan fingerprint density at radius 3 is 2.24 bits per heavy atom. The minimum Gasteiger partial charge on any atom is -0.303 e. The second kappa shape index (κ2) is 5.19. The Bertz CT molecular complexity index is 337. The van der Waals surface area contributed by atoms with Crippen molar-refractivity contribution < 1.29 is 0 Å². The molecule has 1 aromatic carbocycles. The first kappa shape index (κ1) is 12.6. The molecule has 1 aliphatic rings. The van der Waals surface area contributed by atoms with Crippen LogP contribution in [0, 0.1) is 6.92 Å². The van der Waals surface area contributed by atoms with Crippen LogP contribution >= 0.6 is 0 Å². The Kier molecular flexibility index (Phi) is 3.85. The van der Waals surface area contributed by atoms with E-state index in [1.165, 1.54) is 18.4 Å². The van der Waals surface area contributed by atoms with Crippen LogP contribution in [0.4, 0.5) is 0 Å². The van der Waals surface area contributed by atoms with Gasteiger partial charge in [0.2, 0.25) is 0 Å². The van der Waals surface area contributed by atoms with Crippen LogP contribution in [0.3, 0.4) is 0 Å². The highest BCUT2D eigenvalue weighted by Gasteiger charge is 2.37. The summed E-state index contributed by atoms with van der Waals surface area (Å²) in [6.07, 6.45) is 2.39. The van der Waals surface area contributed by atoms with Crippen molar-refractivity contribution in [3.05, 3.63) is 42.8 Å². The van der Waals surface area contributed by atoms with Gasteiger partial charge in [0.1, 0.15) is 0 Å². The van der Waals surface area contributed by atoms with Crippen molar-refractivity contribution in [1.82, 2.24) is 9.80 Å². The molecule has 0 atom stereocenters. The molecule has 0 bridgehead atoms. The fraction of sp³-hybridized carbons (Fsp3) is 0.533. The molecule has 1 aliphatic heterocycles. The number of piperidine rings is 1. The molecule has 0 N–H and O–H groups in total.